The number of aromatic nitrogens is 2. The summed E-state index contributed by atoms with van der Waals surface area (Å²) < 4.78 is 6.33. The summed E-state index contributed by atoms with van der Waals surface area (Å²) in [6.45, 7) is 0. The first-order valence-electron chi connectivity index (χ1n) is 5.63. The van der Waals surface area contributed by atoms with E-state index < -0.39 is 12.0 Å². The molecule has 0 bridgehead atoms. The van der Waals surface area contributed by atoms with Crippen LogP contribution in [0.15, 0.2) is 42.7 Å². The van der Waals surface area contributed by atoms with Gasteiger partial charge in [0, 0.05) is 12.6 Å². The lowest BCUT2D eigenvalue weighted by Crippen LogP contribution is -2.33. The number of para-hydroxylation sites is 1. The van der Waals surface area contributed by atoms with E-state index in [-0.39, 0.29) is 0 Å². The summed E-state index contributed by atoms with van der Waals surface area (Å²) in [6.07, 6.45) is 3.98. The number of nitrogens with two attached hydrogens (primary N) is 1. The Balaban J connectivity index is 2.09. The monoisotopic (exact) mass is 245 g/mol. The molecule has 0 amide bonds. The Morgan fingerprint density at radius 1 is 1.44 bits per heavy atom. The minimum absolute atomic E-state index is 0.414. The summed E-state index contributed by atoms with van der Waals surface area (Å²) in [5, 5.41) is 4.23. The topological polar surface area (TPSA) is 70.1 Å². The summed E-state index contributed by atoms with van der Waals surface area (Å²) >= 11 is 0. The molecule has 0 radical (unpaired) electrons. The van der Waals surface area contributed by atoms with Crippen LogP contribution in [0.1, 0.15) is 5.56 Å². The Morgan fingerprint density at radius 2 is 2.17 bits per heavy atom. The first-order chi connectivity index (χ1) is 8.70. The van der Waals surface area contributed by atoms with E-state index >= 15 is 0 Å². The fourth-order valence-electron chi connectivity index (χ4n) is 1.68. The molecule has 0 aliphatic rings. The lowest BCUT2D eigenvalue weighted by Gasteiger charge is -2.06. The van der Waals surface area contributed by atoms with Crippen LogP contribution in [0.4, 0.5) is 0 Å². The van der Waals surface area contributed by atoms with Crippen LogP contribution >= 0.6 is 0 Å². The number of ether oxygens (including phenoxy) is 1. The number of hydrogen-bond donors (Lipinski definition) is 1. The molecule has 1 unspecified atom stereocenters. The van der Waals surface area contributed by atoms with Crippen molar-refractivity contribution in [2.75, 3.05) is 7.11 Å². The molecule has 0 aliphatic carbocycles. The second-order valence-corrected chi connectivity index (χ2v) is 3.96. The van der Waals surface area contributed by atoms with Crippen molar-refractivity contribution in [2.45, 2.75) is 12.5 Å². The number of nitrogens with zero attached hydrogens (tertiary/aromatic N) is 2. The van der Waals surface area contributed by atoms with Crippen LogP contribution in [0.2, 0.25) is 0 Å². The fraction of sp³-hybridized carbons (Fsp3) is 0.231. The Labute approximate surface area is 105 Å². The van der Waals surface area contributed by atoms with Crippen molar-refractivity contribution in [1.82, 2.24) is 9.78 Å². The van der Waals surface area contributed by atoms with Crippen LogP contribution in [-0.2, 0) is 16.0 Å². The SMILES string of the molecule is COC(=O)C(N)Cc1cnn(-c2ccccc2)c1. The van der Waals surface area contributed by atoms with Crippen molar-refractivity contribution in [3.05, 3.63) is 48.3 Å². The van der Waals surface area contributed by atoms with Gasteiger partial charge in [-0.15, -0.1) is 0 Å². The van der Waals surface area contributed by atoms with Gasteiger partial charge in [-0.3, -0.25) is 4.79 Å². The molecule has 1 aromatic heterocycles. The molecular weight excluding hydrogens is 230 g/mol. The average Bonchev–Trinajstić information content (AvgIpc) is 2.87. The van der Waals surface area contributed by atoms with E-state index in [1.807, 2.05) is 36.5 Å². The molecule has 94 valence electrons. The van der Waals surface area contributed by atoms with Gasteiger partial charge in [-0.05, 0) is 17.7 Å². The normalized spacial score (nSPS) is 12.1. The molecule has 2 N–H and O–H groups in total. The third-order valence-electron chi connectivity index (χ3n) is 2.62. The van der Waals surface area contributed by atoms with Gasteiger partial charge in [0.15, 0.2) is 0 Å². The Hall–Kier alpha value is -2.14. The molecule has 2 aromatic rings. The van der Waals surface area contributed by atoms with Crippen LogP contribution in [0.25, 0.3) is 5.69 Å². The number of hydrogen-bond acceptors (Lipinski definition) is 4. The van der Waals surface area contributed by atoms with E-state index in [2.05, 4.69) is 9.84 Å². The summed E-state index contributed by atoms with van der Waals surface area (Å²) in [5.41, 5.74) is 7.56. The Bertz CT molecular complexity index is 522. The second-order valence-electron chi connectivity index (χ2n) is 3.96. The second kappa shape index (κ2) is 5.46. The average molecular weight is 245 g/mol. The van der Waals surface area contributed by atoms with E-state index in [9.17, 15) is 4.79 Å². The standard InChI is InChI=1S/C13H15N3O2/c1-18-13(17)12(14)7-10-8-15-16(9-10)11-5-3-2-4-6-11/h2-6,8-9,12H,7,14H2,1H3. The number of carbonyl (C=O) groups is 1. The minimum atomic E-state index is -0.650. The number of rotatable bonds is 4. The Morgan fingerprint density at radius 3 is 2.83 bits per heavy atom. The van der Waals surface area contributed by atoms with Crippen LogP contribution < -0.4 is 5.73 Å². The van der Waals surface area contributed by atoms with Gasteiger partial charge in [0.2, 0.25) is 0 Å². The first kappa shape index (κ1) is 12.3. The zero-order valence-electron chi connectivity index (χ0n) is 10.1. The Kier molecular flexibility index (Phi) is 3.74. The van der Waals surface area contributed by atoms with Gasteiger partial charge in [0.05, 0.1) is 19.0 Å². The lowest BCUT2D eigenvalue weighted by molar-refractivity contribution is -0.142. The number of esters is 1. The van der Waals surface area contributed by atoms with Gasteiger partial charge in [0.25, 0.3) is 0 Å². The van der Waals surface area contributed by atoms with Crippen molar-refractivity contribution in [2.24, 2.45) is 5.73 Å². The largest absolute Gasteiger partial charge is 0.468 e. The molecule has 5 nitrogen and oxygen atoms in total. The highest BCUT2D eigenvalue weighted by atomic mass is 16.5. The third kappa shape index (κ3) is 2.75. The van der Waals surface area contributed by atoms with E-state index in [1.165, 1.54) is 7.11 Å². The molecule has 2 rings (SSSR count). The number of benzene rings is 1. The smallest absolute Gasteiger partial charge is 0.322 e. The van der Waals surface area contributed by atoms with Crippen LogP contribution in [0.5, 0.6) is 0 Å². The van der Waals surface area contributed by atoms with Gasteiger partial charge in [0.1, 0.15) is 6.04 Å². The maximum Gasteiger partial charge on any atom is 0.322 e. The molecule has 0 aliphatic heterocycles. The third-order valence-corrected chi connectivity index (χ3v) is 2.62. The quantitative estimate of drug-likeness (QED) is 0.813. The van der Waals surface area contributed by atoms with Crippen molar-refractivity contribution in [3.63, 3.8) is 0 Å². The summed E-state index contributed by atoms with van der Waals surface area (Å²) in [6, 6.07) is 9.09. The van der Waals surface area contributed by atoms with Gasteiger partial charge in [-0.25, -0.2) is 4.68 Å². The molecule has 0 saturated carbocycles. The summed E-state index contributed by atoms with van der Waals surface area (Å²) in [7, 11) is 1.33. The molecule has 1 aromatic carbocycles. The molecule has 0 saturated heterocycles. The lowest BCUT2D eigenvalue weighted by atomic mass is 10.1. The molecular formula is C13H15N3O2. The molecule has 1 heterocycles. The maximum atomic E-state index is 11.2. The van der Waals surface area contributed by atoms with Gasteiger partial charge >= 0.3 is 5.97 Å². The zero-order valence-corrected chi connectivity index (χ0v) is 10.1. The molecule has 0 fully saturated rings. The van der Waals surface area contributed by atoms with Crippen molar-refractivity contribution in [3.8, 4) is 5.69 Å². The molecule has 5 heteroatoms. The van der Waals surface area contributed by atoms with Crippen molar-refractivity contribution in [1.29, 1.82) is 0 Å². The highest BCUT2D eigenvalue weighted by Crippen LogP contribution is 2.09. The summed E-state index contributed by atoms with van der Waals surface area (Å²) in [4.78, 5) is 11.2. The van der Waals surface area contributed by atoms with E-state index in [0.29, 0.717) is 6.42 Å². The molecule has 18 heavy (non-hydrogen) atoms. The highest BCUT2D eigenvalue weighted by molar-refractivity contribution is 5.75. The maximum absolute atomic E-state index is 11.2. The van der Waals surface area contributed by atoms with Crippen LogP contribution in [-0.4, -0.2) is 28.9 Å². The van der Waals surface area contributed by atoms with Crippen LogP contribution in [0.3, 0.4) is 0 Å². The van der Waals surface area contributed by atoms with Crippen molar-refractivity contribution >= 4 is 5.97 Å². The summed E-state index contributed by atoms with van der Waals surface area (Å²) in [5.74, 6) is -0.414. The predicted octanol–water partition coefficient (Wildman–Crippen LogP) is 0.915. The van der Waals surface area contributed by atoms with Crippen LogP contribution in [0, 0.1) is 0 Å². The molecule has 1 atom stereocenters. The van der Waals surface area contributed by atoms with Gasteiger partial charge in [-0.1, -0.05) is 18.2 Å². The van der Waals surface area contributed by atoms with Crippen molar-refractivity contribution < 1.29 is 9.53 Å². The zero-order chi connectivity index (χ0) is 13.0. The van der Waals surface area contributed by atoms with Gasteiger partial charge < -0.3 is 10.5 Å². The minimum Gasteiger partial charge on any atom is -0.468 e. The molecule has 0 spiro atoms. The highest BCUT2D eigenvalue weighted by Gasteiger charge is 2.15. The first-order valence-corrected chi connectivity index (χ1v) is 5.63. The fourth-order valence-corrected chi connectivity index (χ4v) is 1.68. The predicted molar refractivity (Wildman–Crippen MR) is 67.3 cm³/mol. The number of methoxy groups -OCH3 is 1. The number of carbonyl (C=O) groups excluding carboxylic acids is 1. The van der Waals surface area contributed by atoms with E-state index in [1.54, 1.807) is 10.9 Å². The van der Waals surface area contributed by atoms with Gasteiger partial charge in [-0.2, -0.15) is 5.10 Å². The van der Waals surface area contributed by atoms with E-state index in [4.69, 9.17) is 5.73 Å². The van der Waals surface area contributed by atoms with E-state index in [0.717, 1.165) is 11.3 Å².